The average Bonchev–Trinajstić information content (AvgIpc) is 3.58. The molecule has 3 aromatic rings. The topological polar surface area (TPSA) is 71.1 Å². The molecule has 3 aliphatic rings. The Morgan fingerprint density at radius 3 is 2.50 bits per heavy atom. The third-order valence-corrected chi connectivity index (χ3v) is 8.90. The van der Waals surface area contributed by atoms with E-state index in [2.05, 4.69) is 29.6 Å². The van der Waals surface area contributed by atoms with Crippen LogP contribution in [0.1, 0.15) is 54.0 Å². The largest absolute Gasteiger partial charge is 0.496 e. The molecular weight excluding hydrogens is 502 g/mol. The SMILES string of the molecule is COc1cc2c(cc1CNC1C3CCCC3N(C(=O)OCc3ccccc3)C1c1ccccc1)N(C)C(=O)CC2. The molecule has 2 fully saturated rings. The average molecular weight is 540 g/mol. The fourth-order valence-electron chi connectivity index (χ4n) is 6.94. The molecule has 0 bridgehead atoms. The first-order valence-electron chi connectivity index (χ1n) is 14.3. The maximum absolute atomic E-state index is 13.7. The number of nitrogens with zero attached hydrogens (tertiary/aromatic N) is 2. The molecule has 0 spiro atoms. The number of likely N-dealkylation sites (tertiary alicyclic amines) is 1. The van der Waals surface area contributed by atoms with Gasteiger partial charge in [0.2, 0.25) is 5.91 Å². The number of hydrogen-bond acceptors (Lipinski definition) is 5. The second-order valence-electron chi connectivity index (χ2n) is 11.1. The van der Waals surface area contributed by atoms with Crippen LogP contribution in [-0.2, 0) is 29.1 Å². The number of anilines is 1. The molecule has 7 heteroatoms. The first-order chi connectivity index (χ1) is 19.5. The van der Waals surface area contributed by atoms with E-state index in [0.717, 1.165) is 59.4 Å². The van der Waals surface area contributed by atoms with Crippen LogP contribution >= 0.6 is 0 Å². The second-order valence-corrected chi connectivity index (χ2v) is 11.1. The monoisotopic (exact) mass is 539 g/mol. The summed E-state index contributed by atoms with van der Waals surface area (Å²) in [4.78, 5) is 29.9. The lowest BCUT2D eigenvalue weighted by Crippen LogP contribution is -2.41. The Hall–Kier alpha value is -3.84. The second kappa shape index (κ2) is 11.3. The van der Waals surface area contributed by atoms with Crippen LogP contribution in [0.25, 0.3) is 0 Å². The van der Waals surface area contributed by atoms with Crippen molar-refractivity contribution < 1.29 is 19.1 Å². The van der Waals surface area contributed by atoms with Gasteiger partial charge in [0.1, 0.15) is 12.4 Å². The van der Waals surface area contributed by atoms with Crippen LogP contribution < -0.4 is 15.0 Å². The fourth-order valence-corrected chi connectivity index (χ4v) is 6.94. The highest BCUT2D eigenvalue weighted by molar-refractivity contribution is 5.96. The van der Waals surface area contributed by atoms with Crippen LogP contribution in [-0.4, -0.2) is 43.1 Å². The van der Waals surface area contributed by atoms with Gasteiger partial charge in [-0.15, -0.1) is 0 Å². The van der Waals surface area contributed by atoms with Gasteiger partial charge in [0.25, 0.3) is 0 Å². The summed E-state index contributed by atoms with van der Waals surface area (Å²) in [6.45, 7) is 0.828. The summed E-state index contributed by atoms with van der Waals surface area (Å²) in [7, 11) is 3.54. The van der Waals surface area contributed by atoms with Gasteiger partial charge in [0, 0.05) is 43.3 Å². The Labute approximate surface area is 236 Å². The molecule has 0 radical (unpaired) electrons. The summed E-state index contributed by atoms with van der Waals surface area (Å²) in [5.41, 5.74) is 5.17. The van der Waals surface area contributed by atoms with Crippen molar-refractivity contribution in [3.63, 3.8) is 0 Å². The highest BCUT2D eigenvalue weighted by atomic mass is 16.6. The van der Waals surface area contributed by atoms with Crippen LogP contribution in [0.5, 0.6) is 5.75 Å². The van der Waals surface area contributed by atoms with Gasteiger partial charge in [-0.2, -0.15) is 0 Å². The number of benzene rings is 3. The molecule has 2 amide bonds. The molecule has 1 saturated heterocycles. The summed E-state index contributed by atoms with van der Waals surface area (Å²) < 4.78 is 11.7. The van der Waals surface area contributed by atoms with Gasteiger partial charge in [0.05, 0.1) is 13.2 Å². The molecule has 1 saturated carbocycles. The van der Waals surface area contributed by atoms with E-state index in [1.807, 2.05) is 60.5 Å². The maximum Gasteiger partial charge on any atom is 0.410 e. The van der Waals surface area contributed by atoms with Crippen molar-refractivity contribution in [2.45, 2.75) is 63.4 Å². The van der Waals surface area contributed by atoms with Gasteiger partial charge in [-0.3, -0.25) is 9.69 Å². The van der Waals surface area contributed by atoms with Gasteiger partial charge in [-0.05, 0) is 54.0 Å². The minimum Gasteiger partial charge on any atom is -0.496 e. The Morgan fingerprint density at radius 1 is 1.00 bits per heavy atom. The van der Waals surface area contributed by atoms with Crippen LogP contribution in [0.2, 0.25) is 0 Å². The zero-order chi connectivity index (χ0) is 27.6. The van der Waals surface area contributed by atoms with Crippen molar-refractivity contribution in [3.05, 3.63) is 95.1 Å². The van der Waals surface area contributed by atoms with E-state index in [4.69, 9.17) is 9.47 Å². The number of carbonyl (C=O) groups excluding carboxylic acids is 2. The van der Waals surface area contributed by atoms with Crippen molar-refractivity contribution in [3.8, 4) is 5.75 Å². The fraction of sp³-hybridized carbons (Fsp3) is 0.394. The van der Waals surface area contributed by atoms with E-state index in [1.54, 1.807) is 12.0 Å². The summed E-state index contributed by atoms with van der Waals surface area (Å²) in [6.07, 6.45) is 4.11. The third kappa shape index (κ3) is 4.94. The zero-order valence-electron chi connectivity index (χ0n) is 23.2. The zero-order valence-corrected chi connectivity index (χ0v) is 23.2. The first kappa shape index (κ1) is 26.4. The predicted molar refractivity (Wildman–Crippen MR) is 154 cm³/mol. The van der Waals surface area contributed by atoms with Gasteiger partial charge >= 0.3 is 6.09 Å². The standard InChI is InChI=1S/C33H37N3O4/c1-35-28-18-25(29(39-2)19-24(28)16-17-30(35)37)20-34-31-26-14-9-15-27(26)36(32(31)23-12-7-4-8-13-23)33(38)40-21-22-10-5-3-6-11-22/h3-8,10-13,18-19,26-27,31-32,34H,9,14-17,20-21H2,1-2H3. The Kier molecular flexibility index (Phi) is 7.48. The van der Waals surface area contributed by atoms with E-state index in [-0.39, 0.29) is 36.7 Å². The summed E-state index contributed by atoms with van der Waals surface area (Å²) in [5.74, 6) is 1.28. The highest BCUT2D eigenvalue weighted by Gasteiger charge is 2.53. The first-order valence-corrected chi connectivity index (χ1v) is 14.3. The molecule has 1 N–H and O–H groups in total. The van der Waals surface area contributed by atoms with Crippen molar-refractivity contribution in [2.75, 3.05) is 19.1 Å². The van der Waals surface area contributed by atoms with E-state index in [1.165, 1.54) is 0 Å². The summed E-state index contributed by atoms with van der Waals surface area (Å²) in [5, 5.41) is 3.85. The lowest BCUT2D eigenvalue weighted by Gasteiger charge is -2.32. The van der Waals surface area contributed by atoms with Crippen molar-refractivity contribution in [1.29, 1.82) is 0 Å². The van der Waals surface area contributed by atoms with Crippen LogP contribution in [0, 0.1) is 5.92 Å². The Balaban J connectivity index is 1.28. The van der Waals surface area contributed by atoms with E-state index < -0.39 is 0 Å². The molecule has 4 unspecified atom stereocenters. The molecule has 40 heavy (non-hydrogen) atoms. The number of rotatable bonds is 7. The summed E-state index contributed by atoms with van der Waals surface area (Å²) >= 11 is 0. The molecule has 6 rings (SSSR count). The maximum atomic E-state index is 13.7. The lowest BCUT2D eigenvalue weighted by atomic mass is 9.91. The molecule has 2 heterocycles. The van der Waals surface area contributed by atoms with Crippen LogP contribution in [0.15, 0.2) is 72.8 Å². The number of ether oxygens (including phenoxy) is 2. The number of aryl methyl sites for hydroxylation is 1. The quantitative estimate of drug-likeness (QED) is 0.422. The number of nitrogens with one attached hydrogen (secondary N) is 1. The van der Waals surface area contributed by atoms with Gasteiger partial charge in [-0.25, -0.2) is 4.79 Å². The molecule has 208 valence electrons. The van der Waals surface area contributed by atoms with Crippen molar-refractivity contribution in [1.82, 2.24) is 10.2 Å². The van der Waals surface area contributed by atoms with Gasteiger partial charge in [-0.1, -0.05) is 67.1 Å². The molecule has 7 nitrogen and oxygen atoms in total. The number of carbonyl (C=O) groups is 2. The van der Waals surface area contributed by atoms with Crippen molar-refractivity contribution >= 4 is 17.7 Å². The van der Waals surface area contributed by atoms with Crippen LogP contribution in [0.4, 0.5) is 10.5 Å². The number of fused-ring (bicyclic) bond motifs is 2. The highest BCUT2D eigenvalue weighted by Crippen LogP contribution is 2.48. The van der Waals surface area contributed by atoms with Crippen molar-refractivity contribution in [2.24, 2.45) is 5.92 Å². The smallest absolute Gasteiger partial charge is 0.410 e. The number of amides is 2. The van der Waals surface area contributed by atoms with Crippen LogP contribution in [0.3, 0.4) is 0 Å². The summed E-state index contributed by atoms with van der Waals surface area (Å²) in [6, 6.07) is 24.3. The van der Waals surface area contributed by atoms with E-state index in [0.29, 0.717) is 18.9 Å². The third-order valence-electron chi connectivity index (χ3n) is 8.90. The molecule has 0 aromatic heterocycles. The van der Waals surface area contributed by atoms with E-state index in [9.17, 15) is 9.59 Å². The van der Waals surface area contributed by atoms with E-state index >= 15 is 0 Å². The van der Waals surface area contributed by atoms with Gasteiger partial charge in [0.15, 0.2) is 0 Å². The molecule has 2 aliphatic heterocycles. The Morgan fingerprint density at radius 2 is 1.75 bits per heavy atom. The normalized spacial score (nSPS) is 23.6. The van der Waals surface area contributed by atoms with Gasteiger partial charge < -0.3 is 19.7 Å². The predicted octanol–water partition coefficient (Wildman–Crippen LogP) is 5.62. The Bertz CT molecular complexity index is 1360. The minimum atomic E-state index is -0.259. The molecule has 1 aliphatic carbocycles. The molecular formula is C33H37N3O4. The number of hydrogen-bond donors (Lipinski definition) is 1. The molecule has 3 aromatic carbocycles. The molecule has 4 atom stereocenters. The lowest BCUT2D eigenvalue weighted by molar-refractivity contribution is -0.118. The minimum absolute atomic E-state index is 0.0549. The number of methoxy groups -OCH3 is 1.